The predicted octanol–water partition coefficient (Wildman–Crippen LogP) is 3.47. The molecule has 0 bridgehead atoms. The number of benzene rings is 1. The number of nitrogens with one attached hydrogen (secondary N) is 1. The highest BCUT2D eigenvalue weighted by Crippen LogP contribution is 2.29. The molecule has 1 heterocycles. The predicted molar refractivity (Wildman–Crippen MR) is 79.4 cm³/mol. The molecule has 1 atom stereocenters. The van der Waals surface area contributed by atoms with Crippen LogP contribution < -0.4 is 10.2 Å². The Kier molecular flexibility index (Phi) is 4.67. The van der Waals surface area contributed by atoms with Crippen molar-refractivity contribution in [2.75, 3.05) is 25.0 Å². The van der Waals surface area contributed by atoms with Crippen LogP contribution in [-0.4, -0.2) is 20.1 Å². The zero-order valence-corrected chi connectivity index (χ0v) is 11.9. The minimum Gasteiger partial charge on any atom is -0.368 e. The van der Waals surface area contributed by atoms with Gasteiger partial charge in [0.15, 0.2) is 0 Å². The molecule has 1 unspecified atom stereocenters. The molecule has 2 rings (SSSR count). The molecule has 0 radical (unpaired) electrons. The van der Waals surface area contributed by atoms with Crippen LogP contribution in [0.1, 0.15) is 30.5 Å². The van der Waals surface area contributed by atoms with Crippen molar-refractivity contribution in [2.24, 2.45) is 0 Å². The van der Waals surface area contributed by atoms with Crippen molar-refractivity contribution in [3.05, 3.63) is 40.9 Å². The molecule has 0 saturated carbocycles. The summed E-state index contributed by atoms with van der Waals surface area (Å²) in [5, 5.41) is 3.29. The highest BCUT2D eigenvalue weighted by Gasteiger charge is 2.16. The SMILES string of the molecule is CNC(C)c1ccc2c(c1)CCCN2C/C=C/Cl. The van der Waals surface area contributed by atoms with E-state index in [0.717, 1.165) is 13.1 Å². The van der Waals surface area contributed by atoms with E-state index in [2.05, 4.69) is 35.3 Å². The first kappa shape index (κ1) is 13.4. The van der Waals surface area contributed by atoms with Gasteiger partial charge in [-0.3, -0.25) is 0 Å². The Morgan fingerprint density at radius 2 is 2.33 bits per heavy atom. The fraction of sp³-hybridized carbons (Fsp3) is 0.467. The van der Waals surface area contributed by atoms with E-state index < -0.39 is 0 Å². The van der Waals surface area contributed by atoms with Crippen LogP contribution in [-0.2, 0) is 6.42 Å². The standard InChI is InChI=1S/C15H21ClN2/c1-12(17-2)13-6-7-15-14(11-13)5-3-9-18(15)10-4-8-16/h4,6-8,11-12,17H,3,5,9-10H2,1-2H3/b8-4+. The Labute approximate surface area is 115 Å². The normalized spacial score (nSPS) is 16.9. The highest BCUT2D eigenvalue weighted by molar-refractivity contribution is 6.25. The maximum Gasteiger partial charge on any atom is 0.0401 e. The molecular formula is C15H21ClN2. The van der Waals surface area contributed by atoms with Gasteiger partial charge in [0.2, 0.25) is 0 Å². The van der Waals surface area contributed by atoms with Crippen molar-refractivity contribution < 1.29 is 0 Å². The third-order valence-electron chi connectivity index (χ3n) is 3.67. The summed E-state index contributed by atoms with van der Waals surface area (Å²) >= 11 is 5.62. The van der Waals surface area contributed by atoms with Gasteiger partial charge in [0, 0.05) is 30.4 Å². The van der Waals surface area contributed by atoms with Crippen LogP contribution in [0.2, 0.25) is 0 Å². The first-order chi connectivity index (χ1) is 8.76. The molecule has 3 heteroatoms. The fourth-order valence-corrected chi connectivity index (χ4v) is 2.57. The number of fused-ring (bicyclic) bond motifs is 1. The second kappa shape index (κ2) is 6.26. The van der Waals surface area contributed by atoms with Crippen LogP contribution in [0.5, 0.6) is 0 Å². The van der Waals surface area contributed by atoms with E-state index in [0.29, 0.717) is 6.04 Å². The summed E-state index contributed by atoms with van der Waals surface area (Å²) in [5.74, 6) is 0. The van der Waals surface area contributed by atoms with Gasteiger partial charge in [0.05, 0.1) is 0 Å². The van der Waals surface area contributed by atoms with E-state index in [-0.39, 0.29) is 0 Å². The Balaban J connectivity index is 2.24. The van der Waals surface area contributed by atoms with Crippen LogP contribution in [0.3, 0.4) is 0 Å². The minimum absolute atomic E-state index is 0.411. The molecule has 1 aliphatic rings. The zero-order chi connectivity index (χ0) is 13.0. The number of hydrogen-bond acceptors (Lipinski definition) is 2. The molecule has 0 amide bonds. The average molecular weight is 265 g/mol. The van der Waals surface area contributed by atoms with Gasteiger partial charge in [-0.2, -0.15) is 0 Å². The summed E-state index contributed by atoms with van der Waals surface area (Å²) in [5.41, 5.74) is 5.80. The second-order valence-corrected chi connectivity index (χ2v) is 5.06. The van der Waals surface area contributed by atoms with Crippen molar-refractivity contribution in [2.45, 2.75) is 25.8 Å². The fourth-order valence-electron chi connectivity index (χ4n) is 2.49. The highest BCUT2D eigenvalue weighted by atomic mass is 35.5. The van der Waals surface area contributed by atoms with Gasteiger partial charge in [-0.1, -0.05) is 29.8 Å². The van der Waals surface area contributed by atoms with Crippen molar-refractivity contribution in [3.63, 3.8) is 0 Å². The molecular weight excluding hydrogens is 244 g/mol. The van der Waals surface area contributed by atoms with Gasteiger partial charge in [-0.25, -0.2) is 0 Å². The number of hydrogen-bond donors (Lipinski definition) is 1. The van der Waals surface area contributed by atoms with Crippen molar-refractivity contribution in [1.29, 1.82) is 0 Å². The van der Waals surface area contributed by atoms with Crippen molar-refractivity contribution in [3.8, 4) is 0 Å². The van der Waals surface area contributed by atoms with Gasteiger partial charge in [0.1, 0.15) is 0 Å². The van der Waals surface area contributed by atoms with Gasteiger partial charge in [-0.15, -0.1) is 0 Å². The molecule has 2 nitrogen and oxygen atoms in total. The summed E-state index contributed by atoms with van der Waals surface area (Å²) in [4.78, 5) is 2.39. The van der Waals surface area contributed by atoms with Gasteiger partial charge in [-0.05, 0) is 44.0 Å². The van der Waals surface area contributed by atoms with E-state index in [1.807, 2.05) is 13.1 Å². The Bertz CT molecular complexity index is 429. The first-order valence-corrected chi connectivity index (χ1v) is 7.00. The van der Waals surface area contributed by atoms with Gasteiger partial charge < -0.3 is 10.2 Å². The molecule has 98 valence electrons. The third kappa shape index (κ3) is 2.88. The van der Waals surface area contributed by atoms with Crippen molar-refractivity contribution in [1.82, 2.24) is 5.32 Å². The zero-order valence-electron chi connectivity index (χ0n) is 11.1. The number of aryl methyl sites for hydroxylation is 1. The summed E-state index contributed by atoms with van der Waals surface area (Å²) < 4.78 is 0. The number of anilines is 1. The second-order valence-electron chi connectivity index (χ2n) is 4.81. The quantitative estimate of drug-likeness (QED) is 0.896. The first-order valence-electron chi connectivity index (χ1n) is 6.56. The van der Waals surface area contributed by atoms with Crippen LogP contribution in [0, 0.1) is 0 Å². The molecule has 0 aliphatic carbocycles. The molecule has 1 aromatic carbocycles. The molecule has 18 heavy (non-hydrogen) atoms. The lowest BCUT2D eigenvalue weighted by Crippen LogP contribution is -2.29. The van der Waals surface area contributed by atoms with E-state index in [4.69, 9.17) is 11.6 Å². The minimum atomic E-state index is 0.411. The maximum absolute atomic E-state index is 5.62. The summed E-state index contributed by atoms with van der Waals surface area (Å²) in [6, 6.07) is 7.23. The van der Waals surface area contributed by atoms with Crippen LogP contribution in [0.15, 0.2) is 29.8 Å². The largest absolute Gasteiger partial charge is 0.368 e. The van der Waals surface area contributed by atoms with Crippen LogP contribution in [0.25, 0.3) is 0 Å². The monoisotopic (exact) mass is 264 g/mol. The lowest BCUT2D eigenvalue weighted by Gasteiger charge is -2.31. The number of halogens is 1. The molecule has 0 fully saturated rings. The summed E-state index contributed by atoms with van der Waals surface area (Å²) in [7, 11) is 2.00. The Hall–Kier alpha value is -0.990. The van der Waals surface area contributed by atoms with Gasteiger partial charge >= 0.3 is 0 Å². The molecule has 1 aliphatic heterocycles. The van der Waals surface area contributed by atoms with Crippen LogP contribution in [0.4, 0.5) is 5.69 Å². The summed E-state index contributed by atoms with van der Waals surface area (Å²) in [6.45, 7) is 4.21. The lowest BCUT2D eigenvalue weighted by molar-refractivity contribution is 0.648. The number of rotatable bonds is 4. The maximum atomic E-state index is 5.62. The molecule has 0 spiro atoms. The topological polar surface area (TPSA) is 15.3 Å². The van der Waals surface area contributed by atoms with Crippen molar-refractivity contribution >= 4 is 17.3 Å². The molecule has 0 aromatic heterocycles. The Morgan fingerprint density at radius 1 is 1.50 bits per heavy atom. The van der Waals surface area contributed by atoms with E-state index in [1.165, 1.54) is 29.7 Å². The third-order valence-corrected chi connectivity index (χ3v) is 3.84. The van der Waals surface area contributed by atoms with E-state index in [9.17, 15) is 0 Å². The van der Waals surface area contributed by atoms with E-state index >= 15 is 0 Å². The molecule has 1 N–H and O–H groups in total. The number of nitrogens with zero attached hydrogens (tertiary/aromatic N) is 1. The smallest absolute Gasteiger partial charge is 0.0401 e. The molecule has 1 aromatic rings. The lowest BCUT2D eigenvalue weighted by atomic mass is 9.97. The molecule has 0 saturated heterocycles. The van der Waals surface area contributed by atoms with Crippen LogP contribution >= 0.6 is 11.6 Å². The van der Waals surface area contributed by atoms with Gasteiger partial charge in [0.25, 0.3) is 0 Å². The average Bonchev–Trinajstić information content (AvgIpc) is 2.43. The Morgan fingerprint density at radius 3 is 3.06 bits per heavy atom. The summed E-state index contributed by atoms with van der Waals surface area (Å²) in [6.07, 6.45) is 4.40. The van der Waals surface area contributed by atoms with E-state index in [1.54, 1.807) is 5.54 Å².